The van der Waals surface area contributed by atoms with Crippen LogP contribution < -0.4 is 14.8 Å². The molecule has 0 fully saturated rings. The van der Waals surface area contributed by atoms with Crippen molar-refractivity contribution in [2.24, 2.45) is 0 Å². The molecule has 0 radical (unpaired) electrons. The van der Waals surface area contributed by atoms with Gasteiger partial charge in [-0.3, -0.25) is 4.98 Å². The molecule has 0 spiro atoms. The van der Waals surface area contributed by atoms with Gasteiger partial charge in [-0.05, 0) is 18.2 Å². The number of ether oxygens (including phenoxy) is 2. The molecule has 0 amide bonds. The SMILES string of the molecule is CNc1cnc(-c2ccc3c(c2)OCO3)cn1. The van der Waals surface area contributed by atoms with Gasteiger partial charge in [0.15, 0.2) is 11.5 Å². The van der Waals surface area contributed by atoms with Gasteiger partial charge in [0.25, 0.3) is 0 Å². The van der Waals surface area contributed by atoms with Crippen LogP contribution in [0.2, 0.25) is 0 Å². The van der Waals surface area contributed by atoms with Crippen LogP contribution in [0.25, 0.3) is 11.3 Å². The molecule has 0 bridgehead atoms. The molecule has 5 nitrogen and oxygen atoms in total. The lowest BCUT2D eigenvalue weighted by Gasteiger charge is -2.03. The molecule has 1 aliphatic rings. The quantitative estimate of drug-likeness (QED) is 0.852. The number of nitrogens with one attached hydrogen (secondary N) is 1. The summed E-state index contributed by atoms with van der Waals surface area (Å²) in [5.74, 6) is 2.27. The number of aromatic nitrogens is 2. The lowest BCUT2D eigenvalue weighted by atomic mass is 10.1. The van der Waals surface area contributed by atoms with E-state index in [2.05, 4.69) is 15.3 Å². The molecule has 2 heterocycles. The van der Waals surface area contributed by atoms with Crippen molar-refractivity contribution in [2.45, 2.75) is 0 Å². The third-order valence-corrected chi connectivity index (χ3v) is 2.58. The molecule has 86 valence electrons. The van der Waals surface area contributed by atoms with E-state index in [0.717, 1.165) is 28.6 Å². The summed E-state index contributed by atoms with van der Waals surface area (Å²) in [6, 6.07) is 5.73. The normalized spacial score (nSPS) is 12.5. The van der Waals surface area contributed by atoms with Gasteiger partial charge in [-0.25, -0.2) is 4.98 Å². The van der Waals surface area contributed by atoms with Gasteiger partial charge in [0, 0.05) is 12.6 Å². The van der Waals surface area contributed by atoms with E-state index in [1.165, 1.54) is 0 Å². The standard InChI is InChI=1S/C12H11N3O2/c1-13-12-6-14-9(5-15-12)8-2-3-10-11(4-8)17-7-16-10/h2-6H,7H2,1H3,(H,13,15). The summed E-state index contributed by atoms with van der Waals surface area (Å²) >= 11 is 0. The van der Waals surface area contributed by atoms with Crippen molar-refractivity contribution < 1.29 is 9.47 Å². The number of fused-ring (bicyclic) bond motifs is 1. The van der Waals surface area contributed by atoms with E-state index in [1.807, 2.05) is 25.2 Å². The lowest BCUT2D eigenvalue weighted by Crippen LogP contribution is -1.94. The smallest absolute Gasteiger partial charge is 0.231 e. The Morgan fingerprint density at radius 3 is 2.76 bits per heavy atom. The van der Waals surface area contributed by atoms with Crippen molar-refractivity contribution in [1.29, 1.82) is 0 Å². The number of nitrogens with zero attached hydrogens (tertiary/aromatic N) is 2. The van der Waals surface area contributed by atoms with Crippen molar-refractivity contribution in [3.05, 3.63) is 30.6 Å². The Bertz CT molecular complexity index is 540. The van der Waals surface area contributed by atoms with Gasteiger partial charge >= 0.3 is 0 Å². The second kappa shape index (κ2) is 3.93. The summed E-state index contributed by atoms with van der Waals surface area (Å²) in [5, 5.41) is 2.93. The summed E-state index contributed by atoms with van der Waals surface area (Å²) in [5.41, 5.74) is 1.77. The molecule has 1 aliphatic heterocycles. The van der Waals surface area contributed by atoms with Gasteiger partial charge in [-0.1, -0.05) is 0 Å². The van der Waals surface area contributed by atoms with Gasteiger partial charge in [0.05, 0.1) is 18.1 Å². The van der Waals surface area contributed by atoms with Crippen molar-refractivity contribution in [1.82, 2.24) is 9.97 Å². The number of anilines is 1. The van der Waals surface area contributed by atoms with Crippen molar-refractivity contribution >= 4 is 5.82 Å². The summed E-state index contributed by atoms with van der Waals surface area (Å²) < 4.78 is 10.6. The van der Waals surface area contributed by atoms with Crippen molar-refractivity contribution in [3.8, 4) is 22.8 Å². The highest BCUT2D eigenvalue weighted by Crippen LogP contribution is 2.35. The summed E-state index contributed by atoms with van der Waals surface area (Å²) in [6.45, 7) is 0.281. The Balaban J connectivity index is 1.97. The molecule has 0 saturated carbocycles. The van der Waals surface area contributed by atoms with Crippen LogP contribution in [0.4, 0.5) is 5.82 Å². The summed E-state index contributed by atoms with van der Waals surface area (Å²) in [4.78, 5) is 8.55. The molecule has 0 saturated heterocycles. The maximum Gasteiger partial charge on any atom is 0.231 e. The largest absolute Gasteiger partial charge is 0.454 e. The van der Waals surface area contributed by atoms with Gasteiger partial charge in [0.1, 0.15) is 5.82 Å². The Hall–Kier alpha value is -2.30. The minimum atomic E-state index is 0.281. The molecular weight excluding hydrogens is 218 g/mol. The lowest BCUT2D eigenvalue weighted by molar-refractivity contribution is 0.174. The molecule has 0 atom stereocenters. The molecular formula is C12H11N3O2. The molecule has 3 rings (SSSR count). The fraction of sp³-hybridized carbons (Fsp3) is 0.167. The van der Waals surface area contributed by atoms with Crippen LogP contribution in [0, 0.1) is 0 Å². The van der Waals surface area contributed by atoms with Crippen molar-refractivity contribution in [2.75, 3.05) is 19.2 Å². The Morgan fingerprint density at radius 1 is 1.12 bits per heavy atom. The Labute approximate surface area is 98.4 Å². The van der Waals surface area contributed by atoms with E-state index in [1.54, 1.807) is 12.4 Å². The molecule has 1 N–H and O–H groups in total. The first-order valence-electron chi connectivity index (χ1n) is 5.26. The Kier molecular flexibility index (Phi) is 2.29. The van der Waals surface area contributed by atoms with E-state index < -0.39 is 0 Å². The van der Waals surface area contributed by atoms with E-state index >= 15 is 0 Å². The van der Waals surface area contributed by atoms with Gasteiger partial charge in [-0.15, -0.1) is 0 Å². The fourth-order valence-electron chi connectivity index (χ4n) is 1.66. The monoisotopic (exact) mass is 229 g/mol. The second-order valence-corrected chi connectivity index (χ2v) is 3.60. The first-order chi connectivity index (χ1) is 8.36. The molecule has 1 aromatic heterocycles. The van der Waals surface area contributed by atoms with Crippen LogP contribution in [-0.4, -0.2) is 23.8 Å². The Morgan fingerprint density at radius 2 is 2.00 bits per heavy atom. The fourth-order valence-corrected chi connectivity index (χ4v) is 1.66. The van der Waals surface area contributed by atoms with Crippen LogP contribution >= 0.6 is 0 Å². The number of benzene rings is 1. The highest BCUT2D eigenvalue weighted by atomic mass is 16.7. The van der Waals surface area contributed by atoms with E-state index in [9.17, 15) is 0 Å². The predicted molar refractivity (Wildman–Crippen MR) is 63.1 cm³/mol. The van der Waals surface area contributed by atoms with Crippen molar-refractivity contribution in [3.63, 3.8) is 0 Å². The molecule has 0 unspecified atom stereocenters. The molecule has 0 aliphatic carbocycles. The van der Waals surface area contributed by atoms with Gasteiger partial charge in [-0.2, -0.15) is 0 Å². The van der Waals surface area contributed by atoms with Crippen LogP contribution in [0.5, 0.6) is 11.5 Å². The highest BCUT2D eigenvalue weighted by Gasteiger charge is 2.14. The third kappa shape index (κ3) is 1.75. The second-order valence-electron chi connectivity index (χ2n) is 3.60. The van der Waals surface area contributed by atoms with Crippen LogP contribution in [0.1, 0.15) is 0 Å². The maximum atomic E-state index is 5.32. The van der Waals surface area contributed by atoms with Gasteiger partial charge in [0.2, 0.25) is 6.79 Å². The number of hydrogen-bond acceptors (Lipinski definition) is 5. The zero-order chi connectivity index (χ0) is 11.7. The zero-order valence-corrected chi connectivity index (χ0v) is 9.30. The van der Waals surface area contributed by atoms with E-state index in [4.69, 9.17) is 9.47 Å². The average Bonchev–Trinajstić information content (AvgIpc) is 2.86. The highest BCUT2D eigenvalue weighted by molar-refractivity contribution is 5.64. The molecule has 1 aromatic carbocycles. The summed E-state index contributed by atoms with van der Waals surface area (Å²) in [7, 11) is 1.81. The minimum absolute atomic E-state index is 0.281. The van der Waals surface area contributed by atoms with E-state index in [0.29, 0.717) is 0 Å². The third-order valence-electron chi connectivity index (χ3n) is 2.58. The molecule has 17 heavy (non-hydrogen) atoms. The zero-order valence-electron chi connectivity index (χ0n) is 9.30. The predicted octanol–water partition coefficient (Wildman–Crippen LogP) is 1.91. The van der Waals surface area contributed by atoms with Crippen LogP contribution in [0.3, 0.4) is 0 Å². The van der Waals surface area contributed by atoms with Crippen LogP contribution in [0.15, 0.2) is 30.6 Å². The maximum absolute atomic E-state index is 5.32. The average molecular weight is 229 g/mol. The first-order valence-corrected chi connectivity index (χ1v) is 5.26. The van der Waals surface area contributed by atoms with Crippen LogP contribution in [-0.2, 0) is 0 Å². The molecule has 2 aromatic rings. The summed E-state index contributed by atoms with van der Waals surface area (Å²) in [6.07, 6.45) is 3.42. The van der Waals surface area contributed by atoms with Gasteiger partial charge < -0.3 is 14.8 Å². The topological polar surface area (TPSA) is 56.3 Å². The number of rotatable bonds is 2. The molecule has 5 heteroatoms. The first kappa shape index (κ1) is 9.89. The van der Waals surface area contributed by atoms with E-state index in [-0.39, 0.29) is 6.79 Å². The minimum Gasteiger partial charge on any atom is -0.454 e. The number of hydrogen-bond donors (Lipinski definition) is 1.